The van der Waals surface area contributed by atoms with E-state index in [4.69, 9.17) is 0 Å². The van der Waals surface area contributed by atoms with E-state index in [0.29, 0.717) is 0 Å². The molecule has 0 aromatic carbocycles. The molecule has 0 aliphatic carbocycles. The van der Waals surface area contributed by atoms with Crippen molar-refractivity contribution in [2.45, 2.75) is 17.1 Å². The van der Waals surface area contributed by atoms with E-state index in [9.17, 15) is 34.8 Å². The monoisotopic (exact) mass is 228 g/mol. The smallest absolute Gasteiger partial charge is 0.225 e. The molecule has 1 atom stereocenters. The van der Waals surface area contributed by atoms with Crippen LogP contribution in [0.1, 0.15) is 0 Å². The minimum absolute atomic E-state index is 2.10. The van der Waals surface area contributed by atoms with Gasteiger partial charge >= 0.3 is 17.1 Å². The maximum absolute atomic E-state index is 12.5. The molecule has 0 aromatic rings. The van der Waals surface area contributed by atoms with Crippen molar-refractivity contribution in [3.8, 4) is 0 Å². The van der Waals surface area contributed by atoms with Gasteiger partial charge in [-0.15, -0.1) is 0 Å². The first-order valence-corrected chi connectivity index (χ1v) is 4.47. The average Bonchev–Trinajstić information content (AvgIpc) is 1.80. The van der Waals surface area contributed by atoms with Crippen LogP contribution < -0.4 is 0 Å². The van der Waals surface area contributed by atoms with E-state index in [1.807, 2.05) is 0 Å². The molecule has 1 saturated heterocycles. The SMILES string of the molecule is O=S1(=O)CC(F)(F)[C@@]1(F)C(F)(F)F. The van der Waals surface area contributed by atoms with Gasteiger partial charge in [-0.1, -0.05) is 0 Å². The van der Waals surface area contributed by atoms with Gasteiger partial charge in [-0.05, 0) is 0 Å². The second-order valence-electron chi connectivity index (χ2n) is 2.56. The number of hydrogen-bond donors (Lipinski definition) is 0. The molecule has 2 nitrogen and oxygen atoms in total. The lowest BCUT2D eigenvalue weighted by molar-refractivity contribution is -0.270. The number of rotatable bonds is 0. The summed E-state index contributed by atoms with van der Waals surface area (Å²) in [5.41, 5.74) is 0. The zero-order valence-corrected chi connectivity index (χ0v) is 6.52. The molecule has 13 heavy (non-hydrogen) atoms. The van der Waals surface area contributed by atoms with E-state index in [1.54, 1.807) is 0 Å². The third-order valence-electron chi connectivity index (χ3n) is 1.63. The molecule has 0 bridgehead atoms. The van der Waals surface area contributed by atoms with Gasteiger partial charge in [0, 0.05) is 0 Å². The largest absolute Gasteiger partial charge is 0.443 e. The fraction of sp³-hybridized carbons (Fsp3) is 1.00. The number of alkyl halides is 6. The van der Waals surface area contributed by atoms with Crippen LogP contribution in [0.5, 0.6) is 0 Å². The van der Waals surface area contributed by atoms with Crippen LogP contribution in [-0.2, 0) is 9.84 Å². The van der Waals surface area contributed by atoms with Gasteiger partial charge in [-0.25, -0.2) is 21.6 Å². The van der Waals surface area contributed by atoms with E-state index in [2.05, 4.69) is 0 Å². The van der Waals surface area contributed by atoms with Crippen LogP contribution >= 0.6 is 0 Å². The molecule has 1 heterocycles. The predicted octanol–water partition coefficient (Wildman–Crippen LogP) is 1.28. The first-order valence-electron chi connectivity index (χ1n) is 2.81. The molecule has 1 aliphatic rings. The summed E-state index contributed by atoms with van der Waals surface area (Å²) in [5, 5.41) is -5.41. The Kier molecular flexibility index (Phi) is 1.73. The van der Waals surface area contributed by atoms with Crippen molar-refractivity contribution < 1.29 is 34.8 Å². The van der Waals surface area contributed by atoms with E-state index in [0.717, 1.165) is 0 Å². The summed E-state index contributed by atoms with van der Waals surface area (Å²) >= 11 is 0. The van der Waals surface area contributed by atoms with Crippen molar-refractivity contribution >= 4 is 9.84 Å². The third kappa shape index (κ3) is 0.990. The van der Waals surface area contributed by atoms with Crippen LogP contribution in [0.2, 0.25) is 0 Å². The fourth-order valence-electron chi connectivity index (χ4n) is 0.962. The minimum atomic E-state index is -6.10. The summed E-state index contributed by atoms with van der Waals surface area (Å²) in [4.78, 5) is 0. The molecule has 1 aliphatic heterocycles. The van der Waals surface area contributed by atoms with Crippen LogP contribution in [0.15, 0.2) is 0 Å². The molecule has 1 rings (SSSR count). The molecule has 1 fully saturated rings. The number of halogens is 6. The summed E-state index contributed by atoms with van der Waals surface area (Å²) in [5.74, 6) is -6.99. The van der Waals surface area contributed by atoms with E-state index in [1.165, 1.54) is 0 Å². The predicted molar refractivity (Wildman–Crippen MR) is 28.6 cm³/mol. The minimum Gasteiger partial charge on any atom is -0.225 e. The first kappa shape index (κ1) is 10.6. The van der Waals surface area contributed by atoms with Crippen molar-refractivity contribution in [2.24, 2.45) is 0 Å². The van der Waals surface area contributed by atoms with Gasteiger partial charge in [0.15, 0.2) is 0 Å². The lowest BCUT2D eigenvalue weighted by Crippen LogP contribution is -2.72. The number of sulfone groups is 1. The van der Waals surface area contributed by atoms with Crippen LogP contribution in [-0.4, -0.2) is 31.3 Å². The zero-order valence-electron chi connectivity index (χ0n) is 5.70. The second kappa shape index (κ2) is 2.12. The highest BCUT2D eigenvalue weighted by Gasteiger charge is 2.87. The molecule has 0 amide bonds. The van der Waals surface area contributed by atoms with Crippen LogP contribution in [0.25, 0.3) is 0 Å². The summed E-state index contributed by atoms with van der Waals surface area (Å²) in [6.45, 7) is 0. The van der Waals surface area contributed by atoms with Gasteiger partial charge < -0.3 is 0 Å². The van der Waals surface area contributed by atoms with Gasteiger partial charge in [0.05, 0.1) is 0 Å². The summed E-state index contributed by atoms with van der Waals surface area (Å²) in [6.07, 6.45) is -6.10. The van der Waals surface area contributed by atoms with E-state index in [-0.39, 0.29) is 0 Å². The maximum Gasteiger partial charge on any atom is 0.443 e. The van der Waals surface area contributed by atoms with Gasteiger partial charge in [0.1, 0.15) is 5.75 Å². The van der Waals surface area contributed by atoms with Crippen molar-refractivity contribution in [2.75, 3.05) is 5.75 Å². The van der Waals surface area contributed by atoms with Gasteiger partial charge in [0.25, 0.3) is 0 Å². The van der Waals surface area contributed by atoms with Gasteiger partial charge in [-0.2, -0.15) is 13.2 Å². The Morgan fingerprint density at radius 1 is 1.08 bits per heavy atom. The standard InChI is InChI=1S/C4H2F6O2S/c5-2(6)1-13(11,12)3(2,7)4(8,9)10/h1H2/t3-/m0/s1. The quantitative estimate of drug-likeness (QED) is 0.585. The molecule has 0 radical (unpaired) electrons. The molecule has 0 aromatic heterocycles. The molecular formula is C4H2F6O2S. The second-order valence-corrected chi connectivity index (χ2v) is 4.64. The summed E-state index contributed by atoms with van der Waals surface area (Å²) in [7, 11) is -5.43. The van der Waals surface area contributed by atoms with Crippen molar-refractivity contribution in [3.05, 3.63) is 0 Å². The fourth-order valence-corrected chi connectivity index (χ4v) is 2.47. The Morgan fingerprint density at radius 2 is 1.46 bits per heavy atom. The maximum atomic E-state index is 12.5. The van der Waals surface area contributed by atoms with Crippen LogP contribution in [0.4, 0.5) is 26.3 Å². The van der Waals surface area contributed by atoms with Gasteiger partial charge in [0.2, 0.25) is 9.84 Å². The van der Waals surface area contributed by atoms with Crippen molar-refractivity contribution in [1.82, 2.24) is 0 Å². The number of hydrogen-bond acceptors (Lipinski definition) is 2. The van der Waals surface area contributed by atoms with Crippen molar-refractivity contribution in [1.29, 1.82) is 0 Å². The molecular weight excluding hydrogens is 226 g/mol. The Morgan fingerprint density at radius 3 is 1.54 bits per heavy atom. The highest BCUT2D eigenvalue weighted by atomic mass is 32.2. The zero-order chi connectivity index (χ0) is 10.7. The molecule has 0 unspecified atom stereocenters. The first-order chi connectivity index (χ1) is 5.46. The highest BCUT2D eigenvalue weighted by Crippen LogP contribution is 2.57. The van der Waals surface area contributed by atoms with E-state index < -0.39 is 32.7 Å². The molecule has 0 saturated carbocycles. The normalized spacial score (nSPS) is 36.8. The van der Waals surface area contributed by atoms with Crippen molar-refractivity contribution in [3.63, 3.8) is 0 Å². The van der Waals surface area contributed by atoms with E-state index >= 15 is 0 Å². The Hall–Kier alpha value is -0.470. The highest BCUT2D eigenvalue weighted by molar-refractivity contribution is 7.94. The summed E-state index contributed by atoms with van der Waals surface area (Å²) < 4.78 is 92.1. The molecule has 9 heteroatoms. The summed E-state index contributed by atoms with van der Waals surface area (Å²) in [6, 6.07) is 0. The lowest BCUT2D eigenvalue weighted by Gasteiger charge is -2.41. The third-order valence-corrected chi connectivity index (χ3v) is 3.76. The van der Waals surface area contributed by atoms with Gasteiger partial charge in [-0.3, -0.25) is 0 Å². The Balaban J connectivity index is 3.29. The Labute approximate surface area is 68.4 Å². The topological polar surface area (TPSA) is 34.1 Å². The average molecular weight is 228 g/mol. The van der Waals surface area contributed by atoms with Crippen LogP contribution in [0.3, 0.4) is 0 Å². The molecule has 0 spiro atoms. The molecule has 0 N–H and O–H groups in total. The Bertz CT molecular complexity index is 317. The lowest BCUT2D eigenvalue weighted by atomic mass is 10.2. The van der Waals surface area contributed by atoms with Crippen LogP contribution in [0, 0.1) is 0 Å². The molecule has 78 valence electrons.